The van der Waals surface area contributed by atoms with E-state index in [9.17, 15) is 22.8 Å². The van der Waals surface area contributed by atoms with Crippen molar-refractivity contribution in [2.45, 2.75) is 50.0 Å². The molecule has 5 nitrogen and oxygen atoms in total. The summed E-state index contributed by atoms with van der Waals surface area (Å²) in [6, 6.07) is 12.8. The molecular formula is C28H24F3N3O2S2. The quantitative estimate of drug-likeness (QED) is 0.228. The third-order valence-corrected chi connectivity index (χ3v) is 9.31. The lowest BCUT2D eigenvalue weighted by Gasteiger charge is -2.28. The van der Waals surface area contributed by atoms with Gasteiger partial charge in [0.15, 0.2) is 5.16 Å². The predicted octanol–water partition coefficient (Wildman–Crippen LogP) is 6.02. The number of alkyl halides is 3. The molecule has 0 saturated heterocycles. The van der Waals surface area contributed by atoms with Crippen molar-refractivity contribution < 1.29 is 18.0 Å². The molecule has 0 bridgehead atoms. The van der Waals surface area contributed by atoms with Gasteiger partial charge in [0, 0.05) is 18.0 Å². The van der Waals surface area contributed by atoms with Gasteiger partial charge in [0.2, 0.25) is 5.91 Å². The van der Waals surface area contributed by atoms with E-state index in [1.807, 2.05) is 18.2 Å². The van der Waals surface area contributed by atoms with Crippen molar-refractivity contribution in [1.29, 1.82) is 0 Å². The van der Waals surface area contributed by atoms with Crippen molar-refractivity contribution in [3.63, 3.8) is 0 Å². The largest absolute Gasteiger partial charge is 0.416 e. The molecule has 2 aliphatic rings. The number of carbonyl (C=O) groups is 1. The van der Waals surface area contributed by atoms with Gasteiger partial charge in [-0.15, -0.1) is 11.3 Å². The number of hydrogen-bond acceptors (Lipinski definition) is 5. The summed E-state index contributed by atoms with van der Waals surface area (Å²) in [6.45, 7) is 1.11. The maximum atomic E-state index is 13.9. The predicted molar refractivity (Wildman–Crippen MR) is 143 cm³/mol. The lowest BCUT2D eigenvalue weighted by Crippen LogP contribution is -2.37. The number of thioether (sulfide) groups is 1. The number of rotatable bonds is 4. The molecule has 0 N–H and O–H groups in total. The van der Waals surface area contributed by atoms with Gasteiger partial charge in [-0.3, -0.25) is 14.2 Å². The van der Waals surface area contributed by atoms with E-state index < -0.39 is 11.7 Å². The summed E-state index contributed by atoms with van der Waals surface area (Å²) in [7, 11) is 0. The van der Waals surface area contributed by atoms with E-state index in [1.165, 1.54) is 33.6 Å². The molecule has 4 aromatic rings. The number of fused-ring (bicyclic) bond motifs is 4. The summed E-state index contributed by atoms with van der Waals surface area (Å²) < 4.78 is 41.8. The smallest absolute Gasteiger partial charge is 0.337 e. The van der Waals surface area contributed by atoms with E-state index in [2.05, 4.69) is 6.07 Å². The van der Waals surface area contributed by atoms with Crippen LogP contribution in [-0.4, -0.2) is 32.7 Å². The zero-order chi connectivity index (χ0) is 26.4. The number of amides is 1. The van der Waals surface area contributed by atoms with Crippen LogP contribution in [0.3, 0.4) is 0 Å². The minimum Gasteiger partial charge on any atom is -0.337 e. The second kappa shape index (κ2) is 9.89. The average molecular weight is 556 g/mol. The Balaban J connectivity index is 1.38. The molecule has 0 atom stereocenters. The minimum absolute atomic E-state index is 0.0319. The fourth-order valence-corrected chi connectivity index (χ4v) is 7.48. The maximum absolute atomic E-state index is 13.9. The molecular weight excluding hydrogens is 531 g/mol. The van der Waals surface area contributed by atoms with Gasteiger partial charge in [0.1, 0.15) is 4.83 Å². The zero-order valence-electron chi connectivity index (χ0n) is 20.4. The van der Waals surface area contributed by atoms with Crippen molar-refractivity contribution in [2.24, 2.45) is 0 Å². The molecule has 0 radical (unpaired) electrons. The van der Waals surface area contributed by atoms with Crippen LogP contribution in [0.15, 0.2) is 58.5 Å². The summed E-state index contributed by atoms with van der Waals surface area (Å²) in [4.78, 5) is 35.3. The molecule has 0 saturated carbocycles. The molecule has 38 heavy (non-hydrogen) atoms. The highest BCUT2D eigenvalue weighted by Gasteiger charge is 2.31. The summed E-state index contributed by atoms with van der Waals surface area (Å²) in [5, 5.41) is 0.719. The fraction of sp³-hybridized carbons (Fsp3) is 0.321. The van der Waals surface area contributed by atoms with Crippen molar-refractivity contribution >= 4 is 39.2 Å². The van der Waals surface area contributed by atoms with Crippen LogP contribution < -0.4 is 5.56 Å². The first-order valence-electron chi connectivity index (χ1n) is 12.5. The summed E-state index contributed by atoms with van der Waals surface area (Å²) >= 11 is 2.58. The lowest BCUT2D eigenvalue weighted by molar-refractivity contribution is -0.137. The third kappa shape index (κ3) is 4.64. The Labute approximate surface area is 225 Å². The Kier molecular flexibility index (Phi) is 6.55. The van der Waals surface area contributed by atoms with E-state index in [4.69, 9.17) is 4.98 Å². The average Bonchev–Trinajstić information content (AvgIpc) is 3.30. The van der Waals surface area contributed by atoms with E-state index in [1.54, 1.807) is 4.90 Å². The first kappa shape index (κ1) is 25.2. The Hall–Kier alpha value is -3.11. The minimum atomic E-state index is -4.55. The molecule has 10 heteroatoms. The standard InChI is InChI=1S/C28H24F3N3O2S2/c29-28(30,31)19-8-5-9-20(14-19)34-26(36)24-21-10-3-4-11-22(21)38-25(24)32-27(34)37-16-23(35)33-13-12-17-6-1-2-7-18(17)15-33/h1-2,5-9,14H,3-4,10-13,15-16H2. The second-order valence-electron chi connectivity index (χ2n) is 9.60. The molecule has 0 unspecified atom stereocenters. The van der Waals surface area contributed by atoms with Crippen LogP contribution in [0.1, 0.15) is 40.0 Å². The number of hydrogen-bond donors (Lipinski definition) is 0. The number of halogens is 3. The molecule has 2 aromatic heterocycles. The van der Waals surface area contributed by atoms with E-state index in [0.29, 0.717) is 23.3 Å². The first-order chi connectivity index (χ1) is 18.3. The molecule has 1 amide bonds. The number of nitrogens with zero attached hydrogens (tertiary/aromatic N) is 3. The van der Waals surface area contributed by atoms with Gasteiger partial charge in [-0.1, -0.05) is 42.1 Å². The van der Waals surface area contributed by atoms with Crippen LogP contribution in [0.2, 0.25) is 0 Å². The SMILES string of the molecule is O=C(CSc1nc2sc3c(c2c(=O)n1-c1cccc(C(F)(F)F)c1)CCCC3)N1CCc2ccccc2C1. The van der Waals surface area contributed by atoms with Gasteiger partial charge in [-0.25, -0.2) is 4.98 Å². The number of thiophene rings is 1. The highest BCUT2D eigenvalue weighted by atomic mass is 32.2. The molecule has 6 rings (SSSR count). The summed E-state index contributed by atoms with van der Waals surface area (Å²) in [6.07, 6.45) is -0.144. The van der Waals surface area contributed by atoms with Crippen LogP contribution in [0.5, 0.6) is 0 Å². The number of carbonyl (C=O) groups excluding carboxylic acids is 1. The van der Waals surface area contributed by atoms with E-state index in [-0.39, 0.29) is 28.1 Å². The normalized spacial score (nSPS) is 15.4. The Morgan fingerprint density at radius 2 is 1.82 bits per heavy atom. The van der Waals surface area contributed by atoms with Crippen molar-refractivity contribution in [3.05, 3.63) is 86.0 Å². The Bertz CT molecular complexity index is 1610. The van der Waals surface area contributed by atoms with Crippen molar-refractivity contribution in [3.8, 4) is 5.69 Å². The van der Waals surface area contributed by atoms with Gasteiger partial charge in [-0.05, 0) is 67.0 Å². The third-order valence-electron chi connectivity index (χ3n) is 7.20. The van der Waals surface area contributed by atoms with Crippen molar-refractivity contribution in [2.75, 3.05) is 12.3 Å². The number of aromatic nitrogens is 2. The monoisotopic (exact) mass is 555 g/mol. The molecule has 196 valence electrons. The van der Waals surface area contributed by atoms with Crippen LogP contribution in [-0.2, 0) is 36.8 Å². The molecule has 2 aromatic carbocycles. The highest BCUT2D eigenvalue weighted by Crippen LogP contribution is 2.36. The first-order valence-corrected chi connectivity index (χ1v) is 14.3. The fourth-order valence-electron chi connectivity index (χ4n) is 5.26. The van der Waals surface area contributed by atoms with Crippen molar-refractivity contribution in [1.82, 2.24) is 14.5 Å². The molecule has 0 spiro atoms. The Morgan fingerprint density at radius 1 is 1.03 bits per heavy atom. The maximum Gasteiger partial charge on any atom is 0.416 e. The molecule has 1 aliphatic carbocycles. The van der Waals surface area contributed by atoms with Crippen LogP contribution in [0.4, 0.5) is 13.2 Å². The highest BCUT2D eigenvalue weighted by molar-refractivity contribution is 7.99. The second-order valence-corrected chi connectivity index (χ2v) is 11.6. The molecule has 1 aliphatic heterocycles. The van der Waals surface area contributed by atoms with Crippen LogP contribution >= 0.6 is 23.1 Å². The van der Waals surface area contributed by atoms with Crippen LogP contribution in [0, 0.1) is 0 Å². The van der Waals surface area contributed by atoms with Gasteiger partial charge in [-0.2, -0.15) is 13.2 Å². The topological polar surface area (TPSA) is 55.2 Å². The van der Waals surface area contributed by atoms with E-state index in [0.717, 1.165) is 72.0 Å². The summed E-state index contributed by atoms with van der Waals surface area (Å²) in [5.74, 6) is -0.0654. The molecule has 3 heterocycles. The Morgan fingerprint density at radius 3 is 2.63 bits per heavy atom. The van der Waals surface area contributed by atoms with Crippen LogP contribution in [0.25, 0.3) is 15.9 Å². The lowest BCUT2D eigenvalue weighted by atomic mass is 9.97. The van der Waals surface area contributed by atoms with Gasteiger partial charge in [0.05, 0.1) is 22.4 Å². The number of aryl methyl sites for hydroxylation is 2. The zero-order valence-corrected chi connectivity index (χ0v) is 22.0. The summed E-state index contributed by atoms with van der Waals surface area (Å²) in [5.41, 5.74) is 2.19. The van der Waals surface area contributed by atoms with Gasteiger partial charge < -0.3 is 4.90 Å². The van der Waals surface area contributed by atoms with Gasteiger partial charge in [0.25, 0.3) is 5.56 Å². The van der Waals surface area contributed by atoms with E-state index >= 15 is 0 Å². The molecule has 0 fully saturated rings. The van der Waals surface area contributed by atoms with Gasteiger partial charge >= 0.3 is 6.18 Å². The number of benzene rings is 2.